The molecule has 11 rings (SSSR count). The summed E-state index contributed by atoms with van der Waals surface area (Å²) in [6.45, 7) is 9.36. The largest absolute Gasteiger partial charge is 0.490 e. The second-order valence-corrected chi connectivity index (χ2v) is 21.7. The summed E-state index contributed by atoms with van der Waals surface area (Å²) in [5.74, 6) is -0.191. The number of fused-ring (bicyclic) bond motifs is 3. The molecule has 3 aromatic heterocycles. The number of piperidine rings is 1. The highest BCUT2D eigenvalue weighted by Crippen LogP contribution is 2.38. The second-order valence-electron chi connectivity index (χ2n) is 20.6. The van der Waals surface area contributed by atoms with Crippen LogP contribution in [0.5, 0.6) is 5.75 Å². The number of amides is 3. The first-order chi connectivity index (χ1) is 35.9. The Labute approximate surface area is 434 Å². The summed E-state index contributed by atoms with van der Waals surface area (Å²) in [5.41, 5.74) is 8.52. The lowest BCUT2D eigenvalue weighted by Gasteiger charge is -2.39. The lowest BCUT2D eigenvalue weighted by molar-refractivity contribution is -0.134. The lowest BCUT2D eigenvalue weighted by atomic mass is 9.84. The van der Waals surface area contributed by atoms with E-state index in [-0.39, 0.29) is 29.5 Å². The van der Waals surface area contributed by atoms with Crippen molar-refractivity contribution < 1.29 is 29.0 Å². The number of aromatic nitrogens is 4. The van der Waals surface area contributed by atoms with Crippen molar-refractivity contribution in [2.24, 2.45) is 13.0 Å². The van der Waals surface area contributed by atoms with Crippen molar-refractivity contribution in [2.45, 2.75) is 103 Å². The summed E-state index contributed by atoms with van der Waals surface area (Å²) in [5, 5.41) is 22.3. The number of para-hydroxylation sites is 1. The fraction of sp³-hybridized carbons (Fsp3) is 0.397. The minimum Gasteiger partial charge on any atom is -0.490 e. The number of nitrogens with zero attached hydrogens (tertiary/aromatic N) is 7. The number of nitrogens with one attached hydrogen (secondary N) is 2. The minimum absolute atomic E-state index is 0.0175. The smallest absolute Gasteiger partial charge is 0.355 e. The molecule has 4 aliphatic rings. The van der Waals surface area contributed by atoms with Gasteiger partial charge in [0.25, 0.3) is 5.91 Å². The predicted molar refractivity (Wildman–Crippen MR) is 289 cm³/mol. The molecule has 1 aliphatic carbocycles. The number of ether oxygens (including phenoxy) is 1. The average molecular weight is 1010 g/mol. The van der Waals surface area contributed by atoms with Crippen LogP contribution in [0.15, 0.2) is 91.0 Å². The van der Waals surface area contributed by atoms with Gasteiger partial charge in [-0.25, -0.2) is 14.8 Å². The zero-order valence-corrected chi connectivity index (χ0v) is 43.1. The molecular weight excluding hydrogens is 951 g/mol. The number of benzene rings is 4. The maximum atomic E-state index is 13.7. The molecule has 3 amide bonds. The van der Waals surface area contributed by atoms with Crippen LogP contribution in [0.1, 0.15) is 114 Å². The first kappa shape index (κ1) is 49.1. The maximum Gasteiger partial charge on any atom is 0.355 e. The van der Waals surface area contributed by atoms with Crippen molar-refractivity contribution in [3.8, 4) is 16.9 Å². The Bertz CT molecular complexity index is 3250. The minimum atomic E-state index is -1.10. The molecule has 1 unspecified atom stereocenters. The number of imide groups is 1. The molecule has 4 aromatic carbocycles. The highest BCUT2D eigenvalue weighted by atomic mass is 32.1. The number of thiazole rings is 1. The molecule has 2 atom stereocenters. The third-order valence-electron chi connectivity index (χ3n) is 16.1. The molecular formula is C58H63N9O6S. The van der Waals surface area contributed by atoms with Crippen LogP contribution in [-0.4, -0.2) is 98.3 Å². The van der Waals surface area contributed by atoms with Crippen molar-refractivity contribution in [3.05, 3.63) is 125 Å². The first-order valence-electron chi connectivity index (χ1n) is 26.3. The molecule has 74 heavy (non-hydrogen) atoms. The maximum absolute atomic E-state index is 13.7. The van der Waals surface area contributed by atoms with E-state index >= 15 is 0 Å². The van der Waals surface area contributed by atoms with Crippen molar-refractivity contribution in [1.29, 1.82) is 0 Å². The number of carboxylic acids is 1. The highest BCUT2D eigenvalue weighted by Gasteiger charge is 2.33. The lowest BCUT2D eigenvalue weighted by Crippen LogP contribution is -2.49. The van der Waals surface area contributed by atoms with E-state index in [4.69, 9.17) is 14.8 Å². The summed E-state index contributed by atoms with van der Waals surface area (Å²) in [4.78, 5) is 67.4. The van der Waals surface area contributed by atoms with Crippen LogP contribution in [0.4, 0.5) is 16.6 Å². The van der Waals surface area contributed by atoms with E-state index in [0.717, 1.165) is 107 Å². The number of hydrogen-bond donors (Lipinski definition) is 3. The Kier molecular flexibility index (Phi) is 13.9. The Morgan fingerprint density at radius 3 is 2.47 bits per heavy atom. The number of piperazine rings is 1. The zero-order chi connectivity index (χ0) is 51.0. The molecule has 3 fully saturated rings. The summed E-state index contributed by atoms with van der Waals surface area (Å²) in [6.07, 6.45) is 9.50. The van der Waals surface area contributed by atoms with Crippen LogP contribution in [0.3, 0.4) is 0 Å². The fourth-order valence-electron chi connectivity index (χ4n) is 11.8. The number of aryl methyl sites for hydroxylation is 1. The molecule has 7 aromatic rings. The second kappa shape index (κ2) is 21.0. The van der Waals surface area contributed by atoms with Gasteiger partial charge in [-0.15, -0.1) is 0 Å². The van der Waals surface area contributed by atoms with Crippen LogP contribution in [-0.2, 0) is 29.6 Å². The van der Waals surface area contributed by atoms with Gasteiger partial charge in [0.05, 0.1) is 33.4 Å². The highest BCUT2D eigenvalue weighted by molar-refractivity contribution is 7.22. The van der Waals surface area contributed by atoms with Gasteiger partial charge in [0.1, 0.15) is 11.6 Å². The van der Waals surface area contributed by atoms with Gasteiger partial charge in [-0.05, 0) is 142 Å². The van der Waals surface area contributed by atoms with E-state index < -0.39 is 11.9 Å². The van der Waals surface area contributed by atoms with Gasteiger partial charge in [0.2, 0.25) is 11.8 Å². The number of carboxylic acid groups (broad SMARTS) is 1. The number of carbonyl (C=O) groups excluding carboxylic acids is 3. The molecule has 1 saturated carbocycles. The van der Waals surface area contributed by atoms with Crippen LogP contribution >= 0.6 is 11.3 Å². The van der Waals surface area contributed by atoms with Gasteiger partial charge >= 0.3 is 5.97 Å². The molecule has 3 N–H and O–H groups in total. The standard InChI is InChI=1S/C58H63N9O6S/c1-35(65-29-31-66(32-30-65)39-19-22-44-48(33-39)64(3)63-53(44)45-24-26-52(68)61-56(45)70)9-6-10-37-17-20-40(21-18-37)73-49-15-8-12-41(36(49)2)42-23-25-51(60-54(42)57(71)72)67-28-27-38-11-7-13-43(46(38)34-67)55(69)62-58-59-47-14-4-5-16-50(47)74-58/h4-5,7-8,11-16,19,22-23,25,33,35,37,40,45H,6,9-10,17-18,20-21,24,26-32,34H2,1-3H3,(H,71,72)(H,59,62,69)(H,61,68,70)/t35-,37?,40?,45?/m0/s1. The summed E-state index contributed by atoms with van der Waals surface area (Å²) < 4.78 is 9.56. The van der Waals surface area contributed by atoms with E-state index in [1.54, 1.807) is 0 Å². The molecule has 3 aliphatic heterocycles. The van der Waals surface area contributed by atoms with Gasteiger partial charge in [-0.3, -0.25) is 34.6 Å². The molecule has 16 heteroatoms. The number of carbonyl (C=O) groups is 4. The molecule has 15 nitrogen and oxygen atoms in total. The number of anilines is 3. The third kappa shape index (κ3) is 10.1. The normalized spacial score (nSPS) is 19.9. The van der Waals surface area contributed by atoms with Crippen LogP contribution in [0, 0.1) is 12.8 Å². The number of hydrogen-bond acceptors (Lipinski definition) is 12. The van der Waals surface area contributed by atoms with E-state index in [9.17, 15) is 24.3 Å². The molecule has 2 saturated heterocycles. The number of aromatic carboxylic acids is 1. The number of rotatable bonds is 14. The van der Waals surface area contributed by atoms with Gasteiger partial charge in [-0.1, -0.05) is 60.6 Å². The topological polar surface area (TPSA) is 175 Å². The van der Waals surface area contributed by atoms with Crippen LogP contribution < -0.4 is 25.2 Å². The van der Waals surface area contributed by atoms with E-state index in [1.807, 2.05) is 85.4 Å². The molecule has 6 heterocycles. The fourth-order valence-corrected chi connectivity index (χ4v) is 12.7. The SMILES string of the molecule is Cc1c(OC2CCC(CCC[C@H](C)N3CCN(c4ccc5c(C6CCC(=O)NC6=O)nn(C)c5c4)CC3)CC2)cccc1-c1ccc(N2CCc3cccc(C(=O)Nc4nc5ccccc5s4)c3C2)nc1C(=O)O. The van der Waals surface area contributed by atoms with Crippen molar-refractivity contribution >= 4 is 72.8 Å². The van der Waals surface area contributed by atoms with Crippen molar-refractivity contribution in [2.75, 3.05) is 47.8 Å². The third-order valence-corrected chi connectivity index (χ3v) is 17.0. The predicted octanol–water partition coefficient (Wildman–Crippen LogP) is 9.91. The number of pyridine rings is 1. The first-order valence-corrected chi connectivity index (χ1v) is 27.1. The molecule has 0 radical (unpaired) electrons. The average Bonchev–Trinajstić information content (AvgIpc) is 3.98. The van der Waals surface area contributed by atoms with Crippen LogP contribution in [0.25, 0.3) is 32.2 Å². The Morgan fingerprint density at radius 2 is 1.68 bits per heavy atom. The Hall–Kier alpha value is -7.17. The quantitative estimate of drug-likeness (QED) is 0.0881. The van der Waals surface area contributed by atoms with E-state index in [0.29, 0.717) is 66.4 Å². The summed E-state index contributed by atoms with van der Waals surface area (Å²) >= 11 is 1.44. The van der Waals surface area contributed by atoms with Gasteiger partial charge in [0, 0.05) is 81.0 Å². The van der Waals surface area contributed by atoms with E-state index in [2.05, 4.69) is 61.5 Å². The van der Waals surface area contributed by atoms with Crippen LogP contribution in [0.2, 0.25) is 0 Å². The Balaban J connectivity index is 0.656. The monoisotopic (exact) mass is 1010 g/mol. The molecule has 382 valence electrons. The van der Waals surface area contributed by atoms with Crippen molar-refractivity contribution in [3.63, 3.8) is 0 Å². The summed E-state index contributed by atoms with van der Waals surface area (Å²) in [6, 6.07) is 30.2. The molecule has 0 bridgehead atoms. The van der Waals surface area contributed by atoms with E-state index in [1.165, 1.54) is 36.3 Å². The van der Waals surface area contributed by atoms with Gasteiger partial charge < -0.3 is 19.6 Å². The van der Waals surface area contributed by atoms with Gasteiger partial charge in [0.15, 0.2) is 10.8 Å². The Morgan fingerprint density at radius 1 is 0.865 bits per heavy atom. The summed E-state index contributed by atoms with van der Waals surface area (Å²) in [7, 11) is 1.92. The van der Waals surface area contributed by atoms with Gasteiger partial charge in [-0.2, -0.15) is 5.10 Å². The zero-order valence-electron chi connectivity index (χ0n) is 42.3. The van der Waals surface area contributed by atoms with Crippen molar-refractivity contribution in [1.82, 2.24) is 30.0 Å². The molecule has 0 spiro atoms.